The van der Waals surface area contributed by atoms with Gasteiger partial charge in [0.15, 0.2) is 0 Å². The minimum Gasteiger partial charge on any atom is -0.495 e. The molecule has 2 heterocycles. The first-order valence-corrected chi connectivity index (χ1v) is 8.81. The van der Waals surface area contributed by atoms with Gasteiger partial charge in [-0.3, -0.25) is 0 Å². The summed E-state index contributed by atoms with van der Waals surface area (Å²) < 4.78 is 5.50. The van der Waals surface area contributed by atoms with Crippen LogP contribution in [0.25, 0.3) is 11.0 Å². The Morgan fingerprint density at radius 2 is 2.00 bits per heavy atom. The minimum atomic E-state index is 0.571. The van der Waals surface area contributed by atoms with Crippen LogP contribution in [-0.4, -0.2) is 23.1 Å². The van der Waals surface area contributed by atoms with Crippen LogP contribution in [0.3, 0.4) is 0 Å². The lowest BCUT2D eigenvalue weighted by molar-refractivity contribution is 0.416. The molecule has 5 heteroatoms. The number of aromatic nitrogens is 2. The van der Waals surface area contributed by atoms with Gasteiger partial charge >= 0.3 is 0 Å². The Bertz CT molecular complexity index is 911. The van der Waals surface area contributed by atoms with E-state index < -0.39 is 0 Å². The van der Waals surface area contributed by atoms with E-state index in [-0.39, 0.29) is 0 Å². The summed E-state index contributed by atoms with van der Waals surface area (Å²) in [5.41, 5.74) is 5.33. The summed E-state index contributed by atoms with van der Waals surface area (Å²) in [4.78, 5) is 8.02. The number of fused-ring (bicyclic) bond motifs is 1. The minimum absolute atomic E-state index is 0.571. The van der Waals surface area contributed by atoms with Gasteiger partial charge in [-0.2, -0.15) is 0 Å². The van der Waals surface area contributed by atoms with E-state index in [9.17, 15) is 0 Å². The lowest BCUT2D eigenvalue weighted by atomic mass is 9.93. The maximum atomic E-state index is 5.50. The predicted octanol–water partition coefficient (Wildman–Crippen LogP) is 4.90. The van der Waals surface area contributed by atoms with Gasteiger partial charge in [0.25, 0.3) is 0 Å². The molecule has 0 radical (unpaired) electrons. The van der Waals surface area contributed by atoms with Gasteiger partial charge in [-0.1, -0.05) is 6.07 Å². The number of hydrogen-bond acceptors (Lipinski definition) is 4. The highest BCUT2D eigenvalue weighted by Gasteiger charge is 2.19. The third-order valence-corrected chi connectivity index (χ3v) is 4.92. The van der Waals surface area contributed by atoms with Crippen LogP contribution >= 0.6 is 0 Å². The van der Waals surface area contributed by atoms with Crippen LogP contribution < -0.4 is 15.4 Å². The van der Waals surface area contributed by atoms with Crippen molar-refractivity contribution in [2.24, 2.45) is 0 Å². The molecule has 5 nitrogen and oxygen atoms in total. The zero-order chi connectivity index (χ0) is 17.4. The first-order valence-electron chi connectivity index (χ1n) is 8.81. The highest BCUT2D eigenvalue weighted by Crippen LogP contribution is 2.34. The molecular weight excluding hydrogens is 312 g/mol. The van der Waals surface area contributed by atoms with Crippen molar-refractivity contribution in [3.8, 4) is 5.75 Å². The van der Waals surface area contributed by atoms with Crippen LogP contribution in [0.2, 0.25) is 0 Å². The fourth-order valence-electron chi connectivity index (χ4n) is 3.29. The van der Waals surface area contributed by atoms with E-state index in [0.717, 1.165) is 34.2 Å². The van der Waals surface area contributed by atoms with E-state index in [2.05, 4.69) is 41.6 Å². The quantitative estimate of drug-likeness (QED) is 0.620. The van der Waals surface area contributed by atoms with E-state index in [4.69, 9.17) is 9.72 Å². The van der Waals surface area contributed by atoms with E-state index in [1.165, 1.54) is 30.2 Å². The molecule has 3 N–H and O–H groups in total. The maximum absolute atomic E-state index is 5.50. The molecule has 0 amide bonds. The van der Waals surface area contributed by atoms with Gasteiger partial charge in [0, 0.05) is 29.4 Å². The lowest BCUT2D eigenvalue weighted by Gasteiger charge is -2.28. The molecule has 1 aromatic carbocycles. The van der Waals surface area contributed by atoms with Crippen molar-refractivity contribution in [3.63, 3.8) is 0 Å². The molecule has 130 valence electrons. The summed E-state index contributed by atoms with van der Waals surface area (Å²) in [6.45, 7) is 4.17. The molecule has 1 fully saturated rings. The molecule has 4 rings (SSSR count). The largest absolute Gasteiger partial charge is 0.495 e. The second kappa shape index (κ2) is 6.31. The van der Waals surface area contributed by atoms with Gasteiger partial charge in [-0.25, -0.2) is 4.98 Å². The Balaban J connectivity index is 1.72. The Kier molecular flexibility index (Phi) is 3.99. The number of rotatable bonds is 5. The normalized spacial score (nSPS) is 14.4. The van der Waals surface area contributed by atoms with E-state index in [0.29, 0.717) is 6.04 Å². The van der Waals surface area contributed by atoms with Gasteiger partial charge in [-0.05, 0) is 56.4 Å². The molecule has 25 heavy (non-hydrogen) atoms. The third-order valence-electron chi connectivity index (χ3n) is 4.92. The molecule has 1 aliphatic rings. The Hall–Kier alpha value is -2.69. The Morgan fingerprint density at radius 3 is 2.72 bits per heavy atom. The van der Waals surface area contributed by atoms with Crippen LogP contribution in [0.4, 0.5) is 17.2 Å². The van der Waals surface area contributed by atoms with Crippen LogP contribution in [0.5, 0.6) is 5.75 Å². The number of aryl methyl sites for hydroxylation is 2. The molecule has 0 atom stereocenters. The van der Waals surface area contributed by atoms with Crippen molar-refractivity contribution in [3.05, 3.63) is 41.6 Å². The van der Waals surface area contributed by atoms with Crippen molar-refractivity contribution >= 4 is 28.2 Å². The van der Waals surface area contributed by atoms with Gasteiger partial charge < -0.3 is 20.4 Å². The molecule has 0 bridgehead atoms. The summed E-state index contributed by atoms with van der Waals surface area (Å²) in [6, 6.07) is 8.78. The van der Waals surface area contributed by atoms with Crippen LogP contribution in [0.15, 0.2) is 30.5 Å². The fraction of sp³-hybridized carbons (Fsp3) is 0.350. The van der Waals surface area contributed by atoms with Crippen LogP contribution in [0.1, 0.15) is 30.4 Å². The number of H-pyrrole nitrogens is 1. The zero-order valence-electron chi connectivity index (χ0n) is 14.9. The summed E-state index contributed by atoms with van der Waals surface area (Å²) in [6.07, 6.45) is 5.80. The first-order chi connectivity index (χ1) is 12.1. The highest BCUT2D eigenvalue weighted by molar-refractivity contribution is 5.94. The number of nitrogens with one attached hydrogen (secondary N) is 3. The molecule has 0 saturated heterocycles. The number of anilines is 3. The predicted molar refractivity (Wildman–Crippen MR) is 103 cm³/mol. The third kappa shape index (κ3) is 3.02. The van der Waals surface area contributed by atoms with E-state index in [1.54, 1.807) is 7.11 Å². The molecule has 1 saturated carbocycles. The Labute approximate surface area is 147 Å². The van der Waals surface area contributed by atoms with Gasteiger partial charge in [-0.15, -0.1) is 0 Å². The molecule has 3 aromatic rings. The van der Waals surface area contributed by atoms with Crippen LogP contribution in [0, 0.1) is 13.8 Å². The summed E-state index contributed by atoms with van der Waals surface area (Å²) in [5, 5.41) is 8.26. The SMILES string of the molecule is COc1cc(C)ccc1Nc1cc(NC2CCC2)c2c(C)c[nH]c2n1. The molecule has 0 unspecified atom stereocenters. The van der Waals surface area contributed by atoms with Gasteiger partial charge in [0.05, 0.1) is 12.8 Å². The number of hydrogen-bond donors (Lipinski definition) is 3. The standard InChI is InChI=1S/C20H24N4O/c1-12-7-8-15(17(9-12)25-3)23-18-10-16(22-14-5-4-6-14)19-13(2)11-21-20(19)24-18/h7-11,14H,4-6H2,1-3H3,(H3,21,22,23,24). The topological polar surface area (TPSA) is 62.0 Å². The van der Waals surface area contributed by atoms with Crippen LogP contribution in [-0.2, 0) is 0 Å². The number of nitrogens with zero attached hydrogens (tertiary/aromatic N) is 1. The second-order valence-corrected chi connectivity index (χ2v) is 6.85. The molecule has 0 spiro atoms. The molecular formula is C20H24N4O. The smallest absolute Gasteiger partial charge is 0.142 e. The summed E-state index contributed by atoms with van der Waals surface area (Å²) in [5.74, 6) is 1.62. The van der Waals surface area contributed by atoms with Crippen molar-refractivity contribution in [1.82, 2.24) is 9.97 Å². The summed E-state index contributed by atoms with van der Waals surface area (Å²) in [7, 11) is 1.69. The maximum Gasteiger partial charge on any atom is 0.142 e. The average molecular weight is 336 g/mol. The zero-order valence-corrected chi connectivity index (χ0v) is 14.9. The Morgan fingerprint density at radius 1 is 1.16 bits per heavy atom. The molecule has 1 aliphatic carbocycles. The van der Waals surface area contributed by atoms with Crippen molar-refractivity contribution in [2.45, 2.75) is 39.2 Å². The van der Waals surface area contributed by atoms with Gasteiger partial charge in [0.1, 0.15) is 17.2 Å². The fourth-order valence-corrected chi connectivity index (χ4v) is 3.29. The summed E-state index contributed by atoms with van der Waals surface area (Å²) >= 11 is 0. The number of benzene rings is 1. The van der Waals surface area contributed by atoms with Crippen molar-refractivity contribution < 1.29 is 4.74 Å². The first kappa shape index (κ1) is 15.8. The van der Waals surface area contributed by atoms with E-state index in [1.807, 2.05) is 18.3 Å². The monoisotopic (exact) mass is 336 g/mol. The number of aromatic amines is 1. The second-order valence-electron chi connectivity index (χ2n) is 6.85. The number of ether oxygens (including phenoxy) is 1. The van der Waals surface area contributed by atoms with Crippen molar-refractivity contribution in [1.29, 1.82) is 0 Å². The number of pyridine rings is 1. The lowest BCUT2D eigenvalue weighted by Crippen LogP contribution is -2.27. The number of methoxy groups -OCH3 is 1. The van der Waals surface area contributed by atoms with Crippen molar-refractivity contribution in [2.75, 3.05) is 17.7 Å². The molecule has 0 aliphatic heterocycles. The van der Waals surface area contributed by atoms with E-state index >= 15 is 0 Å². The average Bonchev–Trinajstić information content (AvgIpc) is 2.94. The molecule has 2 aromatic heterocycles. The highest BCUT2D eigenvalue weighted by atomic mass is 16.5. The van der Waals surface area contributed by atoms with Gasteiger partial charge in [0.2, 0.25) is 0 Å².